The van der Waals surface area contributed by atoms with E-state index < -0.39 is 30.3 Å². The summed E-state index contributed by atoms with van der Waals surface area (Å²) in [4.78, 5) is 51.9. The Morgan fingerprint density at radius 3 is 0.524 bits per heavy atom. The smallest absolute Gasteiger partial charge is 0.328 e. The van der Waals surface area contributed by atoms with E-state index in [9.17, 15) is 0 Å². The summed E-state index contributed by atoms with van der Waals surface area (Å²) in [5.41, 5.74) is 0. The van der Waals surface area contributed by atoms with Crippen LogP contribution in [0.4, 0.5) is 0 Å². The molecule has 0 aromatic heterocycles. The van der Waals surface area contributed by atoms with Crippen molar-refractivity contribution in [1.29, 1.82) is 0 Å². The molecule has 0 spiro atoms. The Balaban J connectivity index is -0.0000000544. The number of rotatable bonds is 2. The third kappa shape index (κ3) is 166. The molecule has 0 saturated heterocycles. The van der Waals surface area contributed by atoms with Crippen molar-refractivity contribution in [3.63, 3.8) is 0 Å². The van der Waals surface area contributed by atoms with Crippen molar-refractivity contribution in [2.75, 3.05) is 0 Å². The van der Waals surface area contributed by atoms with Gasteiger partial charge in [0, 0.05) is 19.5 Å². The first kappa shape index (κ1) is 30.6. The first-order valence-corrected chi connectivity index (χ1v) is 2.99. The number of hydrogen-bond donors (Lipinski definition) is 2. The molecule has 0 aliphatic heterocycles. The Hall–Kier alpha value is -3.38. The minimum atomic E-state index is -1.61. The van der Waals surface area contributed by atoms with E-state index in [1.165, 1.54) is 0 Å². The zero-order valence-corrected chi connectivity index (χ0v) is 12.2. The molecule has 0 heterocycles. The molecule has 0 bridgehead atoms. The molecule has 0 amide bonds. The van der Waals surface area contributed by atoms with Gasteiger partial charge in [-0.25, -0.2) is 0 Å². The van der Waals surface area contributed by atoms with E-state index in [0.29, 0.717) is 0 Å². The maximum absolute atomic E-state index is 8.81. The normalized spacial score (nSPS) is 6.48. The first-order valence-electron chi connectivity index (χ1n) is 2.99. The summed E-state index contributed by atoms with van der Waals surface area (Å²) >= 11 is 0. The van der Waals surface area contributed by atoms with Gasteiger partial charge in [-0.05, 0) is 0 Å². The largest absolute Gasteiger partial charge is 0.387 e. The van der Waals surface area contributed by atoms with E-state index in [4.69, 9.17) is 71.1 Å². The zero-order chi connectivity index (χ0) is 17.5. The summed E-state index contributed by atoms with van der Waals surface area (Å²) in [6.45, 7) is 0. The molecule has 0 aliphatic rings. The van der Waals surface area contributed by atoms with Gasteiger partial charge in [0.2, 0.25) is 0 Å². The van der Waals surface area contributed by atoms with Crippen LogP contribution in [0.2, 0.25) is 0 Å². The zero-order valence-electron chi connectivity index (χ0n) is 9.18. The second kappa shape index (κ2) is 19.0. The molecule has 0 atom stereocenters. The fourth-order valence-electron chi connectivity index (χ4n) is 0. The molecule has 0 fully saturated rings. The van der Waals surface area contributed by atoms with Crippen LogP contribution >= 0.6 is 0 Å². The van der Waals surface area contributed by atoms with Gasteiger partial charge >= 0.3 is 20.1 Å². The molecule has 0 aromatic carbocycles. The first-order chi connectivity index (χ1) is 8.75. The third-order valence-electron chi connectivity index (χ3n) is 0.267. The molecule has 21 heteroatoms. The number of nitro groups is 2. The Kier molecular flexibility index (Phi) is 27.6. The van der Waals surface area contributed by atoms with Gasteiger partial charge in [0.25, 0.3) is 10.2 Å². The van der Waals surface area contributed by atoms with Crippen molar-refractivity contribution >= 4 is 0 Å². The van der Waals surface area contributed by atoms with Crippen LogP contribution in [0.25, 0.3) is 0 Å². The average Bonchev–Trinajstić information content (AvgIpc) is 2.15. The minimum absolute atomic E-state index is 0. The molecule has 118 valence electrons. The summed E-state index contributed by atoms with van der Waals surface area (Å²) in [7, 11) is 0. The van der Waals surface area contributed by atoms with E-state index in [-0.39, 0.29) is 19.5 Å². The standard InChI is InChI=1S/2N2O4.2HNO3.Zn/c2*3-1(4)2(5)6;2*2-1(3)4;/h;;2*(H,2,3,4);. The summed E-state index contributed by atoms with van der Waals surface area (Å²) in [6.07, 6.45) is 0. The van der Waals surface area contributed by atoms with Crippen LogP contribution < -0.4 is 0 Å². The molecule has 0 radical (unpaired) electrons. The quantitative estimate of drug-likeness (QED) is 0.306. The maximum atomic E-state index is 8.81. The van der Waals surface area contributed by atoms with Gasteiger partial charge in [-0.1, -0.05) is 0 Å². The minimum Gasteiger partial charge on any atom is -0.328 e. The molecule has 21 heavy (non-hydrogen) atoms. The second-order valence-electron chi connectivity index (χ2n) is 1.43. The van der Waals surface area contributed by atoms with Crippen molar-refractivity contribution in [3.8, 4) is 0 Å². The number of hydrogen-bond acceptors (Lipinski definition) is 12. The van der Waals surface area contributed by atoms with Crippen LogP contribution in [-0.4, -0.2) is 40.7 Å². The van der Waals surface area contributed by atoms with Gasteiger partial charge in [-0.2, -0.15) is 40.5 Å². The van der Waals surface area contributed by atoms with Crippen LogP contribution in [0.15, 0.2) is 0 Å². The van der Waals surface area contributed by atoms with E-state index in [1.54, 1.807) is 0 Å². The fraction of sp³-hybridized carbons (Fsp3) is 0. The second-order valence-corrected chi connectivity index (χ2v) is 1.43. The predicted molar refractivity (Wildman–Crippen MR) is 45.5 cm³/mol. The molecule has 0 saturated carbocycles. The average molecular weight is 375 g/mol. The van der Waals surface area contributed by atoms with Crippen molar-refractivity contribution in [2.24, 2.45) is 0 Å². The number of hydrazine groups is 2. The SMILES string of the molecule is O=[N+]([O-])O.O=[N+]([O-])O.O=[N+]([O-])[N+](=O)[O-].O=[N+]([O-])[N+](=O)[O-].[Zn]. The summed E-state index contributed by atoms with van der Waals surface area (Å²) in [5.74, 6) is 0. The predicted octanol–water partition coefficient (Wildman–Crippen LogP) is -1.79. The Morgan fingerprint density at radius 1 is 0.476 bits per heavy atom. The van der Waals surface area contributed by atoms with Crippen molar-refractivity contribution in [1.82, 2.24) is 0 Å². The summed E-state index contributed by atoms with van der Waals surface area (Å²) < 4.78 is 0. The van der Waals surface area contributed by atoms with Crippen LogP contribution in [0.5, 0.6) is 0 Å². The van der Waals surface area contributed by atoms with Gasteiger partial charge in [0.05, 0.1) is 0 Å². The van der Waals surface area contributed by atoms with Gasteiger partial charge < -0.3 is 10.4 Å². The van der Waals surface area contributed by atoms with E-state index in [0.717, 1.165) is 0 Å². The van der Waals surface area contributed by atoms with E-state index >= 15 is 0 Å². The van der Waals surface area contributed by atoms with Crippen molar-refractivity contribution in [3.05, 3.63) is 60.7 Å². The van der Waals surface area contributed by atoms with Crippen LogP contribution in [0.1, 0.15) is 0 Å². The molecule has 20 nitrogen and oxygen atoms in total. The van der Waals surface area contributed by atoms with Crippen molar-refractivity contribution < 1.29 is 60.2 Å². The van der Waals surface area contributed by atoms with E-state index in [2.05, 4.69) is 0 Å². The van der Waals surface area contributed by atoms with Gasteiger partial charge in [-0.3, -0.25) is 0 Å². The van der Waals surface area contributed by atoms with Crippen molar-refractivity contribution in [2.45, 2.75) is 0 Å². The van der Waals surface area contributed by atoms with Gasteiger partial charge in [-0.15, -0.1) is 20.2 Å². The molecule has 0 aromatic rings. The molecule has 0 aliphatic carbocycles. The van der Waals surface area contributed by atoms with Crippen LogP contribution in [-0.2, 0) is 19.5 Å². The summed E-state index contributed by atoms with van der Waals surface area (Å²) in [6, 6.07) is 0. The Morgan fingerprint density at radius 2 is 0.524 bits per heavy atom. The number of nitrogens with zero attached hydrogens (tertiary/aromatic N) is 6. The molecule has 0 unspecified atom stereocenters. The van der Waals surface area contributed by atoms with E-state index in [1.807, 2.05) is 0 Å². The van der Waals surface area contributed by atoms with Crippen LogP contribution in [0, 0.1) is 60.7 Å². The van der Waals surface area contributed by atoms with Crippen LogP contribution in [0.3, 0.4) is 0 Å². The van der Waals surface area contributed by atoms with Gasteiger partial charge in [0.15, 0.2) is 0 Å². The fourth-order valence-corrected chi connectivity index (χ4v) is 0. The maximum Gasteiger partial charge on any atom is 0.387 e. The molecule has 0 rings (SSSR count). The van der Waals surface area contributed by atoms with Gasteiger partial charge in [0.1, 0.15) is 0 Å². The molecular formula is H2N6O14Zn. The Labute approximate surface area is 122 Å². The topological polar surface area (TPSA) is 299 Å². The Bertz CT molecular complexity index is 304. The molecular weight excluding hydrogens is 373 g/mol. The monoisotopic (exact) mass is 374 g/mol. The summed E-state index contributed by atoms with van der Waals surface area (Å²) in [5, 5.41) is 56.1. The molecule has 2 N–H and O–H groups in total. The third-order valence-corrected chi connectivity index (χ3v) is 0.267.